The van der Waals surface area contributed by atoms with Crippen molar-refractivity contribution in [3.8, 4) is 11.5 Å². The summed E-state index contributed by atoms with van der Waals surface area (Å²) in [5, 5.41) is 1.34. The molecular formula is C19H22N2O3S. The highest BCUT2D eigenvalue weighted by Crippen LogP contribution is 2.29. The normalized spacial score (nSPS) is 11.1. The lowest BCUT2D eigenvalue weighted by molar-refractivity contribution is 0.314. The molecule has 0 aliphatic carbocycles. The average molecular weight is 358 g/mol. The minimum absolute atomic E-state index is 0.00250. The number of ether oxygens (including phenoxy) is 2. The van der Waals surface area contributed by atoms with Crippen LogP contribution in [-0.4, -0.2) is 26.3 Å². The highest BCUT2D eigenvalue weighted by Gasteiger charge is 2.09. The second-order valence-electron chi connectivity index (χ2n) is 5.73. The van der Waals surface area contributed by atoms with Crippen LogP contribution in [0.3, 0.4) is 0 Å². The maximum Gasteiger partial charge on any atom is 0.196 e. The lowest BCUT2D eigenvalue weighted by atomic mass is 10.1. The van der Waals surface area contributed by atoms with Crippen LogP contribution in [0.15, 0.2) is 41.2 Å². The van der Waals surface area contributed by atoms with Gasteiger partial charge in [-0.1, -0.05) is 0 Å². The minimum Gasteiger partial charge on any atom is -0.494 e. The van der Waals surface area contributed by atoms with Crippen LogP contribution in [0, 0.1) is 0 Å². The maximum absolute atomic E-state index is 12.9. The van der Waals surface area contributed by atoms with Crippen LogP contribution in [0.1, 0.15) is 12.8 Å². The predicted octanol–water partition coefficient (Wildman–Crippen LogP) is 2.87. The van der Waals surface area contributed by atoms with Crippen LogP contribution in [0.2, 0.25) is 0 Å². The first-order valence-electron chi connectivity index (χ1n) is 8.39. The van der Waals surface area contributed by atoms with Crippen LogP contribution in [-0.2, 0) is 0 Å². The average Bonchev–Trinajstić information content (AvgIpc) is 2.63. The monoisotopic (exact) mass is 358 g/mol. The summed E-state index contributed by atoms with van der Waals surface area (Å²) in [7, 11) is 0. The van der Waals surface area contributed by atoms with E-state index < -0.39 is 0 Å². The second-order valence-corrected chi connectivity index (χ2v) is 6.81. The zero-order valence-corrected chi connectivity index (χ0v) is 14.8. The van der Waals surface area contributed by atoms with E-state index in [1.54, 1.807) is 11.3 Å². The van der Waals surface area contributed by atoms with Gasteiger partial charge in [0.25, 0.3) is 0 Å². The zero-order valence-electron chi connectivity index (χ0n) is 14.0. The van der Waals surface area contributed by atoms with Gasteiger partial charge in [0.2, 0.25) is 0 Å². The molecule has 0 amide bonds. The first-order chi connectivity index (χ1) is 12.2. The van der Waals surface area contributed by atoms with Crippen LogP contribution < -0.4 is 26.4 Å². The molecule has 25 heavy (non-hydrogen) atoms. The molecule has 0 bridgehead atoms. The largest absolute Gasteiger partial charge is 0.494 e. The van der Waals surface area contributed by atoms with E-state index in [9.17, 15) is 4.79 Å². The molecule has 2 aromatic carbocycles. The van der Waals surface area contributed by atoms with Gasteiger partial charge < -0.3 is 20.9 Å². The number of fused-ring (bicyclic) bond motifs is 2. The van der Waals surface area contributed by atoms with Crippen molar-refractivity contribution in [2.75, 3.05) is 26.3 Å². The van der Waals surface area contributed by atoms with Gasteiger partial charge in [-0.05, 0) is 62.3 Å². The molecule has 0 unspecified atom stereocenters. The van der Waals surface area contributed by atoms with E-state index in [1.165, 1.54) is 0 Å². The molecule has 0 radical (unpaired) electrons. The summed E-state index contributed by atoms with van der Waals surface area (Å²) >= 11 is 1.59. The molecule has 1 heterocycles. The van der Waals surface area contributed by atoms with E-state index in [-0.39, 0.29) is 5.43 Å². The van der Waals surface area contributed by atoms with E-state index in [4.69, 9.17) is 20.9 Å². The van der Waals surface area contributed by atoms with Gasteiger partial charge in [0.05, 0.1) is 13.2 Å². The Bertz CT molecular complexity index is 853. The van der Waals surface area contributed by atoms with Crippen LogP contribution in [0.25, 0.3) is 20.2 Å². The van der Waals surface area contributed by atoms with Crippen molar-refractivity contribution in [1.29, 1.82) is 0 Å². The summed E-state index contributed by atoms with van der Waals surface area (Å²) in [5.41, 5.74) is 11.0. The smallest absolute Gasteiger partial charge is 0.196 e. The number of hydrogen-bond donors (Lipinski definition) is 2. The summed E-state index contributed by atoms with van der Waals surface area (Å²) in [6.45, 7) is 2.26. The Kier molecular flexibility index (Phi) is 5.86. The Balaban J connectivity index is 1.97. The van der Waals surface area contributed by atoms with E-state index in [2.05, 4.69) is 0 Å². The van der Waals surface area contributed by atoms with Gasteiger partial charge in [0.1, 0.15) is 11.5 Å². The van der Waals surface area contributed by atoms with Gasteiger partial charge >= 0.3 is 0 Å². The topological polar surface area (TPSA) is 87.6 Å². The molecule has 132 valence electrons. The SMILES string of the molecule is NCCCOc1ccc2sc3ccc(OCCCN)cc3c(=O)c2c1. The lowest BCUT2D eigenvalue weighted by Crippen LogP contribution is -2.07. The summed E-state index contributed by atoms with van der Waals surface area (Å²) in [6, 6.07) is 11.3. The summed E-state index contributed by atoms with van der Waals surface area (Å²) in [5.74, 6) is 1.39. The molecule has 0 aliphatic rings. The summed E-state index contributed by atoms with van der Waals surface area (Å²) in [4.78, 5) is 12.9. The van der Waals surface area contributed by atoms with E-state index in [0.717, 1.165) is 22.2 Å². The third-order valence-corrected chi connectivity index (χ3v) is 5.00. The highest BCUT2D eigenvalue weighted by atomic mass is 32.1. The quantitative estimate of drug-likeness (QED) is 0.477. The molecule has 0 spiro atoms. The maximum atomic E-state index is 12.9. The molecule has 4 N–H and O–H groups in total. The third-order valence-electron chi connectivity index (χ3n) is 3.85. The van der Waals surface area contributed by atoms with Crippen molar-refractivity contribution >= 4 is 31.5 Å². The standard InChI is InChI=1S/C19H22N2O3S/c20-7-1-9-23-13-3-5-17-15(11-13)19(22)16-12-14(24-10-2-8-21)4-6-18(16)25-17/h3-6,11-12H,1-2,7-10,20-21H2. The van der Waals surface area contributed by atoms with Crippen molar-refractivity contribution in [2.24, 2.45) is 11.5 Å². The van der Waals surface area contributed by atoms with Crippen molar-refractivity contribution in [2.45, 2.75) is 12.8 Å². The van der Waals surface area contributed by atoms with Crippen LogP contribution >= 0.6 is 11.3 Å². The fourth-order valence-electron chi connectivity index (χ4n) is 2.54. The van der Waals surface area contributed by atoms with Gasteiger partial charge in [0.15, 0.2) is 5.43 Å². The third kappa shape index (κ3) is 4.10. The molecule has 0 atom stereocenters. The molecule has 5 nitrogen and oxygen atoms in total. The first-order valence-corrected chi connectivity index (χ1v) is 9.21. The summed E-state index contributed by atoms with van der Waals surface area (Å²) in [6.07, 6.45) is 1.57. The highest BCUT2D eigenvalue weighted by molar-refractivity contribution is 7.24. The van der Waals surface area contributed by atoms with E-state index >= 15 is 0 Å². The van der Waals surface area contributed by atoms with E-state index in [1.807, 2.05) is 36.4 Å². The number of rotatable bonds is 8. The van der Waals surface area contributed by atoms with Crippen LogP contribution in [0.4, 0.5) is 0 Å². The molecule has 0 saturated carbocycles. The molecule has 0 saturated heterocycles. The molecule has 3 rings (SSSR count). The Morgan fingerprint density at radius 3 is 1.72 bits per heavy atom. The lowest BCUT2D eigenvalue weighted by Gasteiger charge is -2.08. The Labute approximate surface area is 150 Å². The van der Waals surface area contributed by atoms with E-state index in [0.29, 0.717) is 48.6 Å². The van der Waals surface area contributed by atoms with Gasteiger partial charge in [-0.2, -0.15) is 0 Å². The molecule has 0 fully saturated rings. The van der Waals surface area contributed by atoms with Crippen molar-refractivity contribution in [3.63, 3.8) is 0 Å². The van der Waals surface area contributed by atoms with Crippen molar-refractivity contribution in [3.05, 3.63) is 46.6 Å². The van der Waals surface area contributed by atoms with Crippen molar-refractivity contribution < 1.29 is 9.47 Å². The Morgan fingerprint density at radius 2 is 1.28 bits per heavy atom. The molecule has 6 heteroatoms. The van der Waals surface area contributed by atoms with Gasteiger partial charge in [0, 0.05) is 20.2 Å². The number of benzene rings is 2. The fourth-order valence-corrected chi connectivity index (χ4v) is 3.57. The Hall–Kier alpha value is -2.15. The molecule has 1 aromatic heterocycles. The van der Waals surface area contributed by atoms with Crippen molar-refractivity contribution in [1.82, 2.24) is 0 Å². The number of nitrogens with two attached hydrogens (primary N) is 2. The van der Waals surface area contributed by atoms with Gasteiger partial charge in [-0.25, -0.2) is 0 Å². The van der Waals surface area contributed by atoms with Gasteiger partial charge in [-0.3, -0.25) is 4.79 Å². The predicted molar refractivity (Wildman–Crippen MR) is 104 cm³/mol. The zero-order chi connectivity index (χ0) is 17.6. The Morgan fingerprint density at radius 1 is 0.800 bits per heavy atom. The molecule has 3 aromatic rings. The molecular weight excluding hydrogens is 336 g/mol. The van der Waals surface area contributed by atoms with Gasteiger partial charge in [-0.15, -0.1) is 11.3 Å². The summed E-state index contributed by atoms with van der Waals surface area (Å²) < 4.78 is 13.2. The number of hydrogen-bond acceptors (Lipinski definition) is 6. The fraction of sp³-hybridized carbons (Fsp3) is 0.316. The minimum atomic E-state index is -0.00250. The van der Waals surface area contributed by atoms with Crippen LogP contribution in [0.5, 0.6) is 11.5 Å². The first kappa shape index (κ1) is 17.7. The second kappa shape index (κ2) is 8.29. The molecule has 0 aliphatic heterocycles.